The smallest absolute Gasteiger partial charge is 0.247 e. The van der Waals surface area contributed by atoms with Gasteiger partial charge in [-0.05, 0) is 37.1 Å². The number of aromatic nitrogens is 2. The molecule has 1 aromatic carbocycles. The first-order chi connectivity index (χ1) is 11.7. The summed E-state index contributed by atoms with van der Waals surface area (Å²) < 4.78 is 6.61. The lowest BCUT2D eigenvalue weighted by Gasteiger charge is -2.20. The summed E-state index contributed by atoms with van der Waals surface area (Å²) in [5, 5.41) is 11.1. The highest BCUT2D eigenvalue weighted by atomic mass is 79.9. The molecular weight excluding hydrogens is 370 g/mol. The Morgan fingerprint density at radius 2 is 1.75 bits per heavy atom. The van der Waals surface area contributed by atoms with E-state index in [2.05, 4.69) is 31.4 Å². The lowest BCUT2D eigenvalue weighted by molar-refractivity contribution is -0.121. The van der Waals surface area contributed by atoms with Crippen molar-refractivity contribution in [2.45, 2.75) is 57.4 Å². The molecule has 0 saturated heterocycles. The van der Waals surface area contributed by atoms with Gasteiger partial charge >= 0.3 is 0 Å². The number of rotatable bonds is 4. The van der Waals surface area contributed by atoms with Crippen LogP contribution in [0.15, 0.2) is 33.2 Å². The van der Waals surface area contributed by atoms with Crippen LogP contribution in [0.4, 0.5) is 0 Å². The van der Waals surface area contributed by atoms with Crippen LogP contribution < -0.4 is 5.32 Å². The Kier molecular flexibility index (Phi) is 6.01. The van der Waals surface area contributed by atoms with Gasteiger partial charge in [0.1, 0.15) is 6.42 Å². The van der Waals surface area contributed by atoms with Gasteiger partial charge in [-0.1, -0.05) is 48.0 Å². The fraction of sp³-hybridized carbons (Fsp3) is 0.500. The standard InChI is InChI=1S/C18H22BrN3O2/c19-14-10-8-13(9-11-14)18-22-21-17(24-18)12-16(23)20-15-6-4-2-1-3-5-7-15/h8-11,15H,1-7,12H2,(H,20,23). The number of halogens is 1. The largest absolute Gasteiger partial charge is 0.420 e. The Morgan fingerprint density at radius 3 is 2.46 bits per heavy atom. The number of carbonyl (C=O) groups excluding carboxylic acids is 1. The number of hydrogen-bond acceptors (Lipinski definition) is 4. The Hall–Kier alpha value is -1.69. The maximum Gasteiger partial charge on any atom is 0.247 e. The molecule has 2 aromatic rings. The average molecular weight is 392 g/mol. The quantitative estimate of drug-likeness (QED) is 0.844. The highest BCUT2D eigenvalue weighted by Crippen LogP contribution is 2.21. The van der Waals surface area contributed by atoms with Gasteiger partial charge < -0.3 is 9.73 Å². The first kappa shape index (κ1) is 17.1. The van der Waals surface area contributed by atoms with Crippen LogP contribution in [0.25, 0.3) is 11.5 Å². The fourth-order valence-electron chi connectivity index (χ4n) is 3.05. The molecule has 128 valence electrons. The molecule has 0 bridgehead atoms. The van der Waals surface area contributed by atoms with Crippen LogP contribution in [0.2, 0.25) is 0 Å². The fourth-order valence-corrected chi connectivity index (χ4v) is 3.32. The molecule has 0 unspecified atom stereocenters. The van der Waals surface area contributed by atoms with Crippen molar-refractivity contribution in [3.63, 3.8) is 0 Å². The predicted molar refractivity (Wildman–Crippen MR) is 95.4 cm³/mol. The minimum absolute atomic E-state index is 0.0356. The van der Waals surface area contributed by atoms with Gasteiger partial charge in [0.25, 0.3) is 0 Å². The van der Waals surface area contributed by atoms with Crippen LogP contribution in [0.3, 0.4) is 0 Å². The minimum atomic E-state index is -0.0356. The van der Waals surface area contributed by atoms with Gasteiger partial charge in [0.15, 0.2) is 0 Å². The SMILES string of the molecule is O=C(Cc1nnc(-c2ccc(Br)cc2)o1)NC1CCCCCCC1. The lowest BCUT2D eigenvalue weighted by atomic mass is 9.96. The highest BCUT2D eigenvalue weighted by Gasteiger charge is 2.17. The van der Waals surface area contributed by atoms with Gasteiger partial charge in [-0.25, -0.2) is 0 Å². The predicted octanol–water partition coefficient (Wildman–Crippen LogP) is 4.27. The first-order valence-corrected chi connectivity index (χ1v) is 9.38. The number of benzene rings is 1. The van der Waals surface area contributed by atoms with Crippen LogP contribution in [-0.4, -0.2) is 22.1 Å². The van der Waals surface area contributed by atoms with E-state index in [4.69, 9.17) is 4.42 Å². The van der Waals surface area contributed by atoms with E-state index in [1.807, 2.05) is 24.3 Å². The van der Waals surface area contributed by atoms with Crippen LogP contribution >= 0.6 is 15.9 Å². The molecule has 1 saturated carbocycles. The maximum atomic E-state index is 12.2. The van der Waals surface area contributed by atoms with Crippen LogP contribution in [0.5, 0.6) is 0 Å². The van der Waals surface area contributed by atoms with Crippen molar-refractivity contribution >= 4 is 21.8 Å². The molecule has 1 aliphatic carbocycles. The van der Waals surface area contributed by atoms with Crippen molar-refractivity contribution < 1.29 is 9.21 Å². The second-order valence-electron chi connectivity index (χ2n) is 6.29. The van der Waals surface area contributed by atoms with E-state index in [-0.39, 0.29) is 18.4 Å². The van der Waals surface area contributed by atoms with Crippen LogP contribution in [0.1, 0.15) is 50.8 Å². The van der Waals surface area contributed by atoms with Crippen molar-refractivity contribution in [2.24, 2.45) is 0 Å². The molecule has 1 aliphatic rings. The molecule has 1 heterocycles. The topological polar surface area (TPSA) is 68.0 Å². The van der Waals surface area contributed by atoms with Gasteiger partial charge in [-0.15, -0.1) is 10.2 Å². The summed E-state index contributed by atoms with van der Waals surface area (Å²) in [6, 6.07) is 7.92. The van der Waals surface area contributed by atoms with Gasteiger partial charge in [0, 0.05) is 16.1 Å². The number of nitrogens with zero attached hydrogens (tertiary/aromatic N) is 2. The van der Waals surface area contributed by atoms with Gasteiger partial charge in [-0.2, -0.15) is 0 Å². The van der Waals surface area contributed by atoms with E-state index in [9.17, 15) is 4.79 Å². The Balaban J connectivity index is 1.55. The summed E-state index contributed by atoms with van der Waals surface area (Å²) in [5.41, 5.74) is 0.845. The van der Waals surface area contributed by atoms with Crippen molar-refractivity contribution in [3.05, 3.63) is 34.6 Å². The number of hydrogen-bond donors (Lipinski definition) is 1. The Labute approximate surface area is 150 Å². The molecule has 1 N–H and O–H groups in total. The summed E-state index contributed by atoms with van der Waals surface area (Å²) >= 11 is 3.39. The lowest BCUT2D eigenvalue weighted by Crippen LogP contribution is -2.36. The van der Waals surface area contributed by atoms with E-state index < -0.39 is 0 Å². The van der Waals surface area contributed by atoms with Crippen LogP contribution in [0, 0.1) is 0 Å². The molecule has 6 heteroatoms. The summed E-state index contributed by atoms with van der Waals surface area (Å²) in [5.74, 6) is 0.763. The van der Waals surface area contributed by atoms with E-state index in [0.29, 0.717) is 11.8 Å². The maximum absolute atomic E-state index is 12.2. The average Bonchev–Trinajstić information content (AvgIpc) is 2.99. The molecule has 24 heavy (non-hydrogen) atoms. The minimum Gasteiger partial charge on any atom is -0.420 e. The normalized spacial score (nSPS) is 16.4. The monoisotopic (exact) mass is 391 g/mol. The third-order valence-corrected chi connectivity index (χ3v) is 4.87. The summed E-state index contributed by atoms with van der Waals surface area (Å²) in [6.07, 6.45) is 8.53. The number of amides is 1. The van der Waals surface area contributed by atoms with Crippen molar-refractivity contribution in [1.82, 2.24) is 15.5 Å². The van der Waals surface area contributed by atoms with E-state index in [1.54, 1.807) is 0 Å². The van der Waals surface area contributed by atoms with Crippen molar-refractivity contribution in [1.29, 1.82) is 0 Å². The van der Waals surface area contributed by atoms with Crippen LogP contribution in [-0.2, 0) is 11.2 Å². The second-order valence-corrected chi connectivity index (χ2v) is 7.21. The molecule has 0 aliphatic heterocycles. The summed E-state index contributed by atoms with van der Waals surface area (Å²) in [7, 11) is 0. The van der Waals surface area contributed by atoms with E-state index in [0.717, 1.165) is 22.9 Å². The third kappa shape index (κ3) is 4.90. The van der Waals surface area contributed by atoms with E-state index in [1.165, 1.54) is 32.1 Å². The molecule has 3 rings (SSSR count). The van der Waals surface area contributed by atoms with Gasteiger partial charge in [0.05, 0.1) is 0 Å². The highest BCUT2D eigenvalue weighted by molar-refractivity contribution is 9.10. The Morgan fingerprint density at radius 1 is 1.08 bits per heavy atom. The van der Waals surface area contributed by atoms with Gasteiger partial charge in [-0.3, -0.25) is 4.79 Å². The Bertz CT molecular complexity index is 661. The molecule has 1 aromatic heterocycles. The molecule has 0 spiro atoms. The molecule has 1 amide bonds. The van der Waals surface area contributed by atoms with Crippen molar-refractivity contribution in [3.8, 4) is 11.5 Å². The zero-order chi connectivity index (χ0) is 16.8. The van der Waals surface area contributed by atoms with Crippen molar-refractivity contribution in [2.75, 3.05) is 0 Å². The second kappa shape index (κ2) is 8.42. The molecule has 5 nitrogen and oxygen atoms in total. The molecule has 1 fully saturated rings. The first-order valence-electron chi connectivity index (χ1n) is 8.58. The molecule has 0 radical (unpaired) electrons. The van der Waals surface area contributed by atoms with E-state index >= 15 is 0 Å². The molecular formula is C18H22BrN3O2. The van der Waals surface area contributed by atoms with Gasteiger partial charge in [0.2, 0.25) is 17.7 Å². The summed E-state index contributed by atoms with van der Waals surface area (Å²) in [4.78, 5) is 12.2. The number of nitrogens with one attached hydrogen (secondary N) is 1. The molecule has 0 atom stereocenters. The third-order valence-electron chi connectivity index (χ3n) is 4.34. The summed E-state index contributed by atoms with van der Waals surface area (Å²) in [6.45, 7) is 0. The number of carbonyl (C=O) groups is 1. The zero-order valence-corrected chi connectivity index (χ0v) is 15.2. The zero-order valence-electron chi connectivity index (χ0n) is 13.6.